The van der Waals surface area contributed by atoms with Crippen molar-refractivity contribution >= 4 is 5.91 Å². The number of nitrogens with one attached hydrogen (secondary N) is 1. The van der Waals surface area contributed by atoms with Crippen molar-refractivity contribution < 1.29 is 22.7 Å². The average molecular weight is 433 g/mol. The summed E-state index contributed by atoms with van der Waals surface area (Å²) in [5.74, 6) is 0.351. The van der Waals surface area contributed by atoms with Gasteiger partial charge in [-0.3, -0.25) is 14.6 Å². The van der Waals surface area contributed by atoms with E-state index in [2.05, 4.69) is 15.3 Å². The Balaban J connectivity index is 1.27. The number of benzene rings is 1. The van der Waals surface area contributed by atoms with Gasteiger partial charge in [-0.15, -0.1) is 0 Å². The molecule has 3 aromatic rings. The molecule has 1 fully saturated rings. The maximum atomic E-state index is 12.8. The van der Waals surface area contributed by atoms with Crippen molar-refractivity contribution in [2.24, 2.45) is 0 Å². The maximum Gasteiger partial charge on any atom is 0.416 e. The third kappa shape index (κ3) is 5.25. The maximum absolute atomic E-state index is 12.8. The molecule has 0 radical (unpaired) electrons. The summed E-state index contributed by atoms with van der Waals surface area (Å²) < 4.78 is 45.4. The first-order valence-corrected chi connectivity index (χ1v) is 9.98. The Morgan fingerprint density at radius 1 is 1.26 bits per heavy atom. The van der Waals surface area contributed by atoms with Crippen LogP contribution >= 0.6 is 0 Å². The normalized spacial score (nSPS) is 16.6. The summed E-state index contributed by atoms with van der Waals surface area (Å²) in [5.41, 5.74) is 0.980. The van der Waals surface area contributed by atoms with Gasteiger partial charge in [0.05, 0.1) is 17.9 Å². The number of hydrogen-bond donors (Lipinski definition) is 1. The minimum absolute atomic E-state index is 0.0245. The number of carbonyl (C=O) groups is 1. The number of alkyl halides is 3. The van der Waals surface area contributed by atoms with Crippen molar-refractivity contribution in [3.8, 4) is 5.75 Å². The van der Waals surface area contributed by atoms with Gasteiger partial charge in [-0.1, -0.05) is 6.07 Å². The summed E-state index contributed by atoms with van der Waals surface area (Å²) in [6, 6.07) is 8.54. The molecule has 1 saturated heterocycles. The Bertz CT molecular complexity index is 1020. The molecule has 1 atom stereocenters. The van der Waals surface area contributed by atoms with E-state index in [-0.39, 0.29) is 30.7 Å². The van der Waals surface area contributed by atoms with E-state index in [4.69, 9.17) is 4.74 Å². The third-order valence-corrected chi connectivity index (χ3v) is 5.27. The van der Waals surface area contributed by atoms with Crippen molar-refractivity contribution in [2.45, 2.75) is 31.5 Å². The number of hydrogen-bond acceptors (Lipinski definition) is 4. The van der Waals surface area contributed by atoms with Crippen LogP contribution in [0.15, 0.2) is 48.8 Å². The third-order valence-electron chi connectivity index (χ3n) is 5.27. The van der Waals surface area contributed by atoms with Gasteiger partial charge in [0, 0.05) is 43.5 Å². The molecule has 31 heavy (non-hydrogen) atoms. The Morgan fingerprint density at radius 3 is 2.90 bits per heavy atom. The van der Waals surface area contributed by atoms with Gasteiger partial charge in [-0.05, 0) is 36.8 Å². The lowest BCUT2D eigenvalue weighted by Gasteiger charge is -2.16. The van der Waals surface area contributed by atoms with Crippen molar-refractivity contribution in [1.29, 1.82) is 0 Å². The Labute approximate surface area is 176 Å². The van der Waals surface area contributed by atoms with E-state index in [0.29, 0.717) is 19.5 Å². The van der Waals surface area contributed by atoms with Crippen LogP contribution in [0.1, 0.15) is 29.3 Å². The molecule has 10 heteroatoms. The number of nitrogens with zero attached hydrogens (tertiary/aromatic N) is 4. The van der Waals surface area contributed by atoms with Gasteiger partial charge in [-0.25, -0.2) is 0 Å². The summed E-state index contributed by atoms with van der Waals surface area (Å²) in [6.45, 7) is 1.72. The number of aromatic amines is 1. The fourth-order valence-electron chi connectivity index (χ4n) is 3.62. The van der Waals surface area contributed by atoms with E-state index >= 15 is 0 Å². The molecule has 1 amide bonds. The van der Waals surface area contributed by atoms with Gasteiger partial charge in [0.2, 0.25) is 5.91 Å². The molecule has 3 heterocycles. The highest BCUT2D eigenvalue weighted by Gasteiger charge is 2.31. The molecular formula is C21H22F3N5O2. The van der Waals surface area contributed by atoms with Crippen LogP contribution in [0, 0.1) is 0 Å². The summed E-state index contributed by atoms with van der Waals surface area (Å²) in [7, 11) is 0. The molecule has 164 valence electrons. The molecule has 1 unspecified atom stereocenters. The molecule has 2 aromatic heterocycles. The van der Waals surface area contributed by atoms with Crippen LogP contribution < -0.4 is 4.74 Å². The van der Waals surface area contributed by atoms with Gasteiger partial charge in [0.25, 0.3) is 0 Å². The highest BCUT2D eigenvalue weighted by Crippen LogP contribution is 2.31. The molecular weight excluding hydrogens is 411 g/mol. The number of likely N-dealkylation sites (tertiary alicyclic amines) is 1. The second kappa shape index (κ2) is 8.83. The number of ether oxygens (including phenoxy) is 1. The molecule has 1 aromatic carbocycles. The van der Waals surface area contributed by atoms with Crippen LogP contribution in [0.25, 0.3) is 0 Å². The number of carbonyl (C=O) groups excluding carboxylic acids is 1. The molecule has 0 spiro atoms. The van der Waals surface area contributed by atoms with Crippen LogP contribution in [0.3, 0.4) is 0 Å². The Morgan fingerprint density at radius 2 is 2.13 bits per heavy atom. The molecule has 0 saturated carbocycles. The summed E-state index contributed by atoms with van der Waals surface area (Å²) >= 11 is 0. The Kier molecular flexibility index (Phi) is 5.97. The lowest BCUT2D eigenvalue weighted by Crippen LogP contribution is -2.31. The van der Waals surface area contributed by atoms with Crippen molar-refractivity contribution in [3.05, 3.63) is 65.7 Å². The number of aromatic nitrogens is 4. The molecule has 1 aliphatic heterocycles. The first-order chi connectivity index (χ1) is 14.9. The number of halogens is 3. The van der Waals surface area contributed by atoms with Gasteiger partial charge in [0.15, 0.2) is 0 Å². The lowest BCUT2D eigenvalue weighted by molar-refractivity contribution is -0.137. The molecule has 0 bridgehead atoms. The van der Waals surface area contributed by atoms with E-state index in [1.54, 1.807) is 23.1 Å². The largest absolute Gasteiger partial charge is 0.493 e. The fourth-order valence-corrected chi connectivity index (χ4v) is 3.62. The van der Waals surface area contributed by atoms with E-state index in [9.17, 15) is 18.0 Å². The lowest BCUT2D eigenvalue weighted by atomic mass is 10.0. The highest BCUT2D eigenvalue weighted by molar-refractivity contribution is 5.76. The molecule has 1 aliphatic rings. The number of amides is 1. The standard InChI is InChI=1S/C21H22F3N5O2/c22-21(23,24)16-3-1-4-18(11-16)31-10-6-17-12-19(27-26-17)15-5-9-28(13-15)20(30)14-29-8-2-7-25-29/h1-4,7-8,11-12,15H,5-6,9-10,13-14H2,(H,26,27). The summed E-state index contributed by atoms with van der Waals surface area (Å²) in [6.07, 6.45) is 0.315. The number of rotatable bonds is 7. The van der Waals surface area contributed by atoms with Gasteiger partial charge >= 0.3 is 6.18 Å². The highest BCUT2D eigenvalue weighted by atomic mass is 19.4. The van der Waals surface area contributed by atoms with Crippen LogP contribution in [0.4, 0.5) is 13.2 Å². The first kappa shape index (κ1) is 21.0. The fraction of sp³-hybridized carbons (Fsp3) is 0.381. The monoisotopic (exact) mass is 433 g/mol. The number of H-pyrrole nitrogens is 1. The zero-order valence-electron chi connectivity index (χ0n) is 16.7. The SMILES string of the molecule is O=C(Cn1cccn1)N1CCC(c2cc(CCOc3cccc(C(F)(F)F)c3)[nH]n2)C1. The van der Waals surface area contributed by atoms with E-state index in [1.165, 1.54) is 12.1 Å². The average Bonchev–Trinajstić information content (AvgIpc) is 3.49. The van der Waals surface area contributed by atoms with Gasteiger partial charge < -0.3 is 9.64 Å². The molecule has 1 N–H and O–H groups in total. The van der Waals surface area contributed by atoms with E-state index in [1.807, 2.05) is 11.0 Å². The minimum atomic E-state index is -4.40. The van der Waals surface area contributed by atoms with E-state index in [0.717, 1.165) is 29.9 Å². The van der Waals surface area contributed by atoms with Crippen molar-refractivity contribution in [1.82, 2.24) is 24.9 Å². The smallest absolute Gasteiger partial charge is 0.416 e. The van der Waals surface area contributed by atoms with Crippen molar-refractivity contribution in [3.63, 3.8) is 0 Å². The quantitative estimate of drug-likeness (QED) is 0.621. The van der Waals surface area contributed by atoms with Crippen LogP contribution in [0.2, 0.25) is 0 Å². The van der Waals surface area contributed by atoms with Gasteiger partial charge in [0.1, 0.15) is 12.3 Å². The van der Waals surface area contributed by atoms with E-state index < -0.39 is 11.7 Å². The summed E-state index contributed by atoms with van der Waals surface area (Å²) in [5, 5.41) is 11.4. The predicted octanol–water partition coefficient (Wildman–Crippen LogP) is 3.26. The van der Waals surface area contributed by atoms with Crippen LogP contribution in [0.5, 0.6) is 5.75 Å². The first-order valence-electron chi connectivity index (χ1n) is 9.98. The molecule has 0 aliphatic carbocycles. The predicted molar refractivity (Wildman–Crippen MR) is 105 cm³/mol. The molecule has 7 nitrogen and oxygen atoms in total. The van der Waals surface area contributed by atoms with Gasteiger partial charge in [-0.2, -0.15) is 23.4 Å². The summed E-state index contributed by atoms with van der Waals surface area (Å²) in [4.78, 5) is 14.2. The second-order valence-corrected chi connectivity index (χ2v) is 7.47. The Hall–Kier alpha value is -3.30. The van der Waals surface area contributed by atoms with Crippen LogP contribution in [-0.4, -0.2) is 50.5 Å². The topological polar surface area (TPSA) is 76.0 Å². The van der Waals surface area contributed by atoms with Crippen LogP contribution in [-0.2, 0) is 23.9 Å². The van der Waals surface area contributed by atoms with Crippen molar-refractivity contribution in [2.75, 3.05) is 19.7 Å². The second-order valence-electron chi connectivity index (χ2n) is 7.47. The molecule has 4 rings (SSSR count). The zero-order chi connectivity index (χ0) is 21.8. The minimum Gasteiger partial charge on any atom is -0.493 e. The zero-order valence-corrected chi connectivity index (χ0v) is 16.7.